The van der Waals surface area contributed by atoms with Crippen LogP contribution in [0.1, 0.15) is 17.3 Å². The van der Waals surface area contributed by atoms with E-state index in [4.69, 9.17) is 27.9 Å². The van der Waals surface area contributed by atoms with Gasteiger partial charge in [0.2, 0.25) is 0 Å². The minimum atomic E-state index is -0.410. The van der Waals surface area contributed by atoms with Crippen molar-refractivity contribution in [2.24, 2.45) is 0 Å². The summed E-state index contributed by atoms with van der Waals surface area (Å²) in [5, 5.41) is 0.853. The Kier molecular flexibility index (Phi) is 3.58. The van der Waals surface area contributed by atoms with Crippen LogP contribution in [0.15, 0.2) is 18.2 Å². The third-order valence-corrected chi connectivity index (χ3v) is 1.81. The lowest BCUT2D eigenvalue weighted by atomic mass is 10.2. The Bertz CT molecular complexity index is 303. The first kappa shape index (κ1) is 10.4. The molecule has 0 aliphatic carbocycles. The van der Waals surface area contributed by atoms with Gasteiger partial charge in [0.1, 0.15) is 0 Å². The zero-order valence-corrected chi connectivity index (χ0v) is 8.52. The second-order valence-corrected chi connectivity index (χ2v) is 3.25. The average Bonchev–Trinajstić information content (AvgIpc) is 2.03. The van der Waals surface area contributed by atoms with E-state index in [1.165, 1.54) is 12.1 Å². The maximum absolute atomic E-state index is 11.2. The first-order valence-corrected chi connectivity index (χ1v) is 4.52. The zero-order valence-electron chi connectivity index (χ0n) is 7.01. The lowest BCUT2D eigenvalue weighted by Crippen LogP contribution is -2.04. The molecule has 0 bridgehead atoms. The molecular formula is C9H8Cl2O2. The van der Waals surface area contributed by atoms with Gasteiger partial charge in [0, 0.05) is 10.0 Å². The maximum atomic E-state index is 11.2. The summed E-state index contributed by atoms with van der Waals surface area (Å²) in [4.78, 5) is 11.2. The van der Waals surface area contributed by atoms with Gasteiger partial charge < -0.3 is 4.74 Å². The number of hydrogen-bond acceptors (Lipinski definition) is 2. The standard InChI is InChI=1S/C9H8Cl2O2/c1-2-13-9(12)6-3-7(10)5-8(11)4-6/h3-5H,2H2,1H3. The molecule has 0 heterocycles. The Morgan fingerprint density at radius 3 is 2.31 bits per heavy atom. The molecular weight excluding hydrogens is 211 g/mol. The number of hydrogen-bond donors (Lipinski definition) is 0. The van der Waals surface area contributed by atoms with E-state index in [-0.39, 0.29) is 0 Å². The van der Waals surface area contributed by atoms with Crippen LogP contribution in [0.3, 0.4) is 0 Å². The van der Waals surface area contributed by atoms with Crippen molar-refractivity contribution >= 4 is 29.2 Å². The number of esters is 1. The lowest BCUT2D eigenvalue weighted by molar-refractivity contribution is 0.0526. The highest BCUT2D eigenvalue weighted by Crippen LogP contribution is 2.19. The topological polar surface area (TPSA) is 26.3 Å². The van der Waals surface area contributed by atoms with Gasteiger partial charge in [0.05, 0.1) is 12.2 Å². The van der Waals surface area contributed by atoms with Crippen molar-refractivity contribution in [1.29, 1.82) is 0 Å². The molecule has 70 valence electrons. The van der Waals surface area contributed by atoms with Crippen LogP contribution < -0.4 is 0 Å². The van der Waals surface area contributed by atoms with Crippen molar-refractivity contribution in [2.75, 3.05) is 6.61 Å². The van der Waals surface area contributed by atoms with Crippen molar-refractivity contribution in [3.63, 3.8) is 0 Å². The molecule has 1 aromatic carbocycles. The molecule has 0 radical (unpaired) electrons. The van der Waals surface area contributed by atoms with Crippen LogP contribution in [0.25, 0.3) is 0 Å². The molecule has 0 N–H and O–H groups in total. The highest BCUT2D eigenvalue weighted by Gasteiger charge is 2.07. The van der Waals surface area contributed by atoms with Crippen molar-refractivity contribution in [3.8, 4) is 0 Å². The smallest absolute Gasteiger partial charge is 0.338 e. The summed E-state index contributed by atoms with van der Waals surface area (Å²) < 4.78 is 4.78. The number of halogens is 2. The van der Waals surface area contributed by atoms with E-state index in [9.17, 15) is 4.79 Å². The van der Waals surface area contributed by atoms with Gasteiger partial charge >= 0.3 is 5.97 Å². The molecule has 0 spiro atoms. The van der Waals surface area contributed by atoms with Crippen molar-refractivity contribution in [2.45, 2.75) is 6.92 Å². The van der Waals surface area contributed by atoms with Gasteiger partial charge in [0.15, 0.2) is 0 Å². The summed E-state index contributed by atoms with van der Waals surface area (Å²) >= 11 is 11.4. The van der Waals surface area contributed by atoms with E-state index in [1.807, 2.05) is 0 Å². The van der Waals surface area contributed by atoms with Gasteiger partial charge in [0.25, 0.3) is 0 Å². The van der Waals surface area contributed by atoms with E-state index < -0.39 is 5.97 Å². The number of carbonyl (C=O) groups is 1. The van der Waals surface area contributed by atoms with Gasteiger partial charge in [-0.05, 0) is 25.1 Å². The van der Waals surface area contributed by atoms with Gasteiger partial charge in [-0.25, -0.2) is 4.79 Å². The molecule has 0 aliphatic heterocycles. The second-order valence-electron chi connectivity index (χ2n) is 2.38. The monoisotopic (exact) mass is 218 g/mol. The zero-order chi connectivity index (χ0) is 9.84. The molecule has 2 nitrogen and oxygen atoms in total. The van der Waals surface area contributed by atoms with E-state index in [1.54, 1.807) is 13.0 Å². The predicted octanol–water partition coefficient (Wildman–Crippen LogP) is 3.17. The lowest BCUT2D eigenvalue weighted by Gasteiger charge is -2.02. The van der Waals surface area contributed by atoms with E-state index in [0.29, 0.717) is 22.2 Å². The number of ether oxygens (including phenoxy) is 1. The fraction of sp³-hybridized carbons (Fsp3) is 0.222. The highest BCUT2D eigenvalue weighted by atomic mass is 35.5. The highest BCUT2D eigenvalue weighted by molar-refractivity contribution is 6.35. The maximum Gasteiger partial charge on any atom is 0.338 e. The summed E-state index contributed by atoms with van der Waals surface area (Å²) in [5.41, 5.74) is 0.374. The van der Waals surface area contributed by atoms with Crippen molar-refractivity contribution in [3.05, 3.63) is 33.8 Å². The Morgan fingerprint density at radius 1 is 1.31 bits per heavy atom. The normalized spacial score (nSPS) is 9.77. The van der Waals surface area contributed by atoms with E-state index in [2.05, 4.69) is 0 Å². The van der Waals surface area contributed by atoms with Gasteiger partial charge in [-0.3, -0.25) is 0 Å². The summed E-state index contributed by atoms with van der Waals surface area (Å²) in [7, 11) is 0. The largest absolute Gasteiger partial charge is 0.462 e. The van der Waals surface area contributed by atoms with Crippen molar-refractivity contribution < 1.29 is 9.53 Å². The van der Waals surface area contributed by atoms with Gasteiger partial charge in [-0.1, -0.05) is 23.2 Å². The van der Waals surface area contributed by atoms with Crippen LogP contribution in [0.4, 0.5) is 0 Å². The summed E-state index contributed by atoms with van der Waals surface area (Å²) in [6.45, 7) is 2.08. The molecule has 1 rings (SSSR count). The van der Waals surface area contributed by atoms with Crippen molar-refractivity contribution in [1.82, 2.24) is 0 Å². The van der Waals surface area contributed by atoms with Crippen LogP contribution in [0.5, 0.6) is 0 Å². The molecule has 0 amide bonds. The molecule has 0 aliphatic rings. The van der Waals surface area contributed by atoms with Gasteiger partial charge in [-0.15, -0.1) is 0 Å². The van der Waals surface area contributed by atoms with Crippen LogP contribution in [0, 0.1) is 0 Å². The Balaban J connectivity index is 2.94. The first-order chi connectivity index (χ1) is 6.13. The minimum Gasteiger partial charge on any atom is -0.462 e. The van der Waals surface area contributed by atoms with E-state index in [0.717, 1.165) is 0 Å². The summed E-state index contributed by atoms with van der Waals surface area (Å²) in [5.74, 6) is -0.410. The number of carbonyl (C=O) groups excluding carboxylic acids is 1. The van der Waals surface area contributed by atoms with E-state index >= 15 is 0 Å². The fourth-order valence-corrected chi connectivity index (χ4v) is 1.41. The summed E-state index contributed by atoms with van der Waals surface area (Å²) in [6, 6.07) is 4.60. The SMILES string of the molecule is CCOC(=O)c1cc(Cl)cc(Cl)c1. The first-order valence-electron chi connectivity index (χ1n) is 3.76. The molecule has 1 aromatic rings. The molecule has 0 aromatic heterocycles. The number of benzene rings is 1. The molecule has 0 saturated carbocycles. The van der Waals surface area contributed by atoms with Crippen LogP contribution >= 0.6 is 23.2 Å². The molecule has 0 fully saturated rings. The second kappa shape index (κ2) is 4.49. The molecule has 13 heavy (non-hydrogen) atoms. The van der Waals surface area contributed by atoms with Crippen LogP contribution in [0.2, 0.25) is 10.0 Å². The van der Waals surface area contributed by atoms with Crippen LogP contribution in [-0.2, 0) is 4.74 Å². The van der Waals surface area contributed by atoms with Gasteiger partial charge in [-0.2, -0.15) is 0 Å². The fourth-order valence-electron chi connectivity index (χ4n) is 0.886. The Morgan fingerprint density at radius 2 is 1.85 bits per heavy atom. The third kappa shape index (κ3) is 2.90. The molecule has 4 heteroatoms. The third-order valence-electron chi connectivity index (χ3n) is 1.37. The average molecular weight is 219 g/mol. The molecule has 0 unspecified atom stereocenters. The number of rotatable bonds is 2. The molecule has 0 saturated heterocycles. The Labute approximate surface area is 86.4 Å². The summed E-state index contributed by atoms with van der Waals surface area (Å²) in [6.07, 6.45) is 0. The minimum absolute atomic E-state index is 0.336. The predicted molar refractivity (Wildman–Crippen MR) is 52.4 cm³/mol. The quantitative estimate of drug-likeness (QED) is 0.714. The molecule has 0 atom stereocenters. The Hall–Kier alpha value is -0.730. The van der Waals surface area contributed by atoms with Crippen LogP contribution in [-0.4, -0.2) is 12.6 Å².